The Morgan fingerprint density at radius 1 is 1.03 bits per heavy atom. The highest BCUT2D eigenvalue weighted by Gasteiger charge is 2.46. The molecule has 6 heteroatoms. The van der Waals surface area contributed by atoms with Crippen LogP contribution in [0, 0.1) is 6.92 Å². The molecule has 6 nitrogen and oxygen atoms in total. The predicted octanol–water partition coefficient (Wildman–Crippen LogP) is 4.70. The van der Waals surface area contributed by atoms with Gasteiger partial charge in [-0.2, -0.15) is 0 Å². The molecule has 1 saturated heterocycles. The summed E-state index contributed by atoms with van der Waals surface area (Å²) in [6.45, 7) is 8.34. The van der Waals surface area contributed by atoms with Crippen LogP contribution in [0.25, 0.3) is 5.76 Å². The maximum atomic E-state index is 13.2. The Hall–Kier alpha value is -3.80. The quantitative estimate of drug-likeness (QED) is 0.360. The van der Waals surface area contributed by atoms with Gasteiger partial charge in [-0.3, -0.25) is 19.6 Å². The highest BCUT2D eigenvalue weighted by molar-refractivity contribution is 6.46. The summed E-state index contributed by atoms with van der Waals surface area (Å²) in [5.74, 6) is -1.55. The standard InChI is InChI=1S/C27H27N3O3/c1-17-8-9-19(27(2,3)4)15-20(17)24(31)22-23(21-7-5-6-12-29-21)30(26(33)25(22)32)16-18-10-13-28-14-11-18/h5-15,23,31H,16H2,1-4H3/b24-22+. The third-order valence-corrected chi connectivity index (χ3v) is 5.97. The van der Waals surface area contributed by atoms with Crippen LogP contribution in [0.1, 0.15) is 54.8 Å². The summed E-state index contributed by atoms with van der Waals surface area (Å²) < 4.78 is 0. The third-order valence-electron chi connectivity index (χ3n) is 5.97. The van der Waals surface area contributed by atoms with E-state index in [4.69, 9.17) is 0 Å². The van der Waals surface area contributed by atoms with Crippen molar-refractivity contribution in [2.75, 3.05) is 0 Å². The molecule has 1 fully saturated rings. The molecule has 2 aromatic heterocycles. The highest BCUT2D eigenvalue weighted by Crippen LogP contribution is 2.40. The number of amides is 1. The van der Waals surface area contributed by atoms with Crippen LogP contribution in [0.4, 0.5) is 0 Å². The summed E-state index contributed by atoms with van der Waals surface area (Å²) in [7, 11) is 0. The number of aliphatic hydroxyl groups excluding tert-OH is 1. The van der Waals surface area contributed by atoms with Crippen molar-refractivity contribution < 1.29 is 14.7 Å². The van der Waals surface area contributed by atoms with E-state index in [1.165, 1.54) is 4.90 Å². The zero-order valence-corrected chi connectivity index (χ0v) is 19.2. The molecule has 1 atom stereocenters. The van der Waals surface area contributed by atoms with E-state index in [2.05, 4.69) is 30.7 Å². The molecule has 168 valence electrons. The Kier molecular flexibility index (Phi) is 5.85. The molecule has 1 unspecified atom stereocenters. The number of rotatable bonds is 4. The van der Waals surface area contributed by atoms with Crippen molar-refractivity contribution in [2.24, 2.45) is 0 Å². The van der Waals surface area contributed by atoms with Gasteiger partial charge in [0.25, 0.3) is 11.7 Å². The largest absolute Gasteiger partial charge is 0.507 e. The minimum Gasteiger partial charge on any atom is -0.507 e. The average molecular weight is 442 g/mol. The van der Waals surface area contributed by atoms with E-state index in [0.29, 0.717) is 11.3 Å². The van der Waals surface area contributed by atoms with Gasteiger partial charge in [0.15, 0.2) is 0 Å². The lowest BCUT2D eigenvalue weighted by Crippen LogP contribution is -2.29. The molecule has 4 rings (SSSR count). The van der Waals surface area contributed by atoms with Gasteiger partial charge in [-0.15, -0.1) is 0 Å². The van der Waals surface area contributed by atoms with Gasteiger partial charge in [0.1, 0.15) is 11.8 Å². The molecule has 0 radical (unpaired) electrons. The number of likely N-dealkylation sites (tertiary alicyclic amines) is 1. The first-order chi connectivity index (χ1) is 15.7. The lowest BCUT2D eigenvalue weighted by Gasteiger charge is -2.25. The van der Waals surface area contributed by atoms with Gasteiger partial charge < -0.3 is 10.0 Å². The molecular weight excluding hydrogens is 414 g/mol. The second kappa shape index (κ2) is 8.62. The van der Waals surface area contributed by atoms with Gasteiger partial charge >= 0.3 is 0 Å². The molecule has 1 N–H and O–H groups in total. The van der Waals surface area contributed by atoms with Crippen molar-refractivity contribution in [1.29, 1.82) is 0 Å². The number of benzene rings is 1. The van der Waals surface area contributed by atoms with E-state index in [0.717, 1.165) is 16.7 Å². The molecule has 1 aromatic carbocycles. The fourth-order valence-corrected chi connectivity index (χ4v) is 4.06. The van der Waals surface area contributed by atoms with Crippen molar-refractivity contribution in [3.05, 3.63) is 101 Å². The molecular formula is C27H27N3O3. The Morgan fingerprint density at radius 3 is 2.39 bits per heavy atom. The zero-order valence-electron chi connectivity index (χ0n) is 19.2. The number of ketones is 1. The average Bonchev–Trinajstić information content (AvgIpc) is 3.04. The lowest BCUT2D eigenvalue weighted by molar-refractivity contribution is -0.140. The molecule has 0 aliphatic carbocycles. The number of carbonyl (C=O) groups excluding carboxylic acids is 2. The van der Waals surface area contributed by atoms with Crippen LogP contribution in [-0.4, -0.2) is 31.7 Å². The molecule has 3 aromatic rings. The fourth-order valence-electron chi connectivity index (χ4n) is 4.06. The first-order valence-corrected chi connectivity index (χ1v) is 10.9. The van der Waals surface area contributed by atoms with Crippen molar-refractivity contribution in [3.63, 3.8) is 0 Å². The Morgan fingerprint density at radius 2 is 1.76 bits per heavy atom. The maximum Gasteiger partial charge on any atom is 0.296 e. The van der Waals surface area contributed by atoms with E-state index in [1.54, 1.807) is 48.9 Å². The number of carbonyl (C=O) groups is 2. The molecule has 3 heterocycles. The highest BCUT2D eigenvalue weighted by atomic mass is 16.3. The van der Waals surface area contributed by atoms with Crippen LogP contribution in [-0.2, 0) is 21.5 Å². The van der Waals surface area contributed by atoms with Crippen LogP contribution in [0.5, 0.6) is 0 Å². The number of hydrogen-bond acceptors (Lipinski definition) is 5. The lowest BCUT2D eigenvalue weighted by atomic mass is 9.84. The number of Topliss-reactive ketones (excluding diaryl/α,β-unsaturated/α-hetero) is 1. The summed E-state index contributed by atoms with van der Waals surface area (Å²) in [4.78, 5) is 36.3. The Bertz CT molecular complexity index is 1230. The first-order valence-electron chi connectivity index (χ1n) is 10.9. The van der Waals surface area contributed by atoms with Crippen molar-refractivity contribution in [2.45, 2.75) is 45.7 Å². The summed E-state index contributed by atoms with van der Waals surface area (Å²) in [5.41, 5.74) is 3.66. The summed E-state index contributed by atoms with van der Waals surface area (Å²) in [6.07, 6.45) is 4.90. The van der Waals surface area contributed by atoms with Gasteiger partial charge in [-0.25, -0.2) is 0 Å². The van der Waals surface area contributed by atoms with E-state index in [9.17, 15) is 14.7 Å². The number of aryl methyl sites for hydroxylation is 1. The summed E-state index contributed by atoms with van der Waals surface area (Å²) in [6, 6.07) is 14.0. The van der Waals surface area contributed by atoms with Gasteiger partial charge in [0.2, 0.25) is 0 Å². The van der Waals surface area contributed by atoms with E-state index < -0.39 is 17.7 Å². The fraction of sp³-hybridized carbons (Fsp3) is 0.259. The number of pyridine rings is 2. The normalized spacial score (nSPS) is 18.1. The van der Waals surface area contributed by atoms with Crippen LogP contribution in [0.3, 0.4) is 0 Å². The zero-order chi connectivity index (χ0) is 23.8. The number of aliphatic hydroxyl groups is 1. The summed E-state index contributed by atoms with van der Waals surface area (Å²) in [5, 5.41) is 11.4. The van der Waals surface area contributed by atoms with E-state index in [-0.39, 0.29) is 23.3 Å². The Balaban J connectivity index is 1.90. The molecule has 0 bridgehead atoms. The second-order valence-electron chi connectivity index (χ2n) is 9.32. The molecule has 0 saturated carbocycles. The first kappa shape index (κ1) is 22.4. The minimum atomic E-state index is -0.794. The van der Waals surface area contributed by atoms with Crippen LogP contribution in [0.2, 0.25) is 0 Å². The van der Waals surface area contributed by atoms with Crippen LogP contribution < -0.4 is 0 Å². The third kappa shape index (κ3) is 4.29. The molecule has 1 aliphatic rings. The number of hydrogen-bond donors (Lipinski definition) is 1. The van der Waals surface area contributed by atoms with Crippen LogP contribution >= 0.6 is 0 Å². The topological polar surface area (TPSA) is 83.4 Å². The second-order valence-corrected chi connectivity index (χ2v) is 9.32. The van der Waals surface area contributed by atoms with Crippen molar-refractivity contribution in [1.82, 2.24) is 14.9 Å². The SMILES string of the molecule is Cc1ccc(C(C)(C)C)cc1/C(O)=C1\C(=O)C(=O)N(Cc2ccncc2)C1c1ccccn1. The Labute approximate surface area is 193 Å². The number of aromatic nitrogens is 2. The number of nitrogens with zero attached hydrogens (tertiary/aromatic N) is 3. The molecule has 0 spiro atoms. The summed E-state index contributed by atoms with van der Waals surface area (Å²) >= 11 is 0. The van der Waals surface area contributed by atoms with Crippen LogP contribution in [0.15, 0.2) is 72.7 Å². The predicted molar refractivity (Wildman–Crippen MR) is 126 cm³/mol. The molecule has 1 amide bonds. The molecule has 33 heavy (non-hydrogen) atoms. The molecule has 1 aliphatic heterocycles. The van der Waals surface area contributed by atoms with E-state index >= 15 is 0 Å². The van der Waals surface area contributed by atoms with E-state index in [1.807, 2.05) is 25.1 Å². The minimum absolute atomic E-state index is 0.0573. The van der Waals surface area contributed by atoms with Gasteiger partial charge in [0, 0.05) is 30.7 Å². The van der Waals surface area contributed by atoms with Crippen molar-refractivity contribution >= 4 is 17.4 Å². The smallest absolute Gasteiger partial charge is 0.296 e. The van der Waals surface area contributed by atoms with Gasteiger partial charge in [-0.05, 0) is 59.4 Å². The monoisotopic (exact) mass is 441 g/mol. The van der Waals surface area contributed by atoms with Crippen molar-refractivity contribution in [3.8, 4) is 0 Å². The van der Waals surface area contributed by atoms with Gasteiger partial charge in [0.05, 0.1) is 11.3 Å². The maximum absolute atomic E-state index is 13.2. The van der Waals surface area contributed by atoms with Gasteiger partial charge in [-0.1, -0.05) is 39.0 Å².